The summed E-state index contributed by atoms with van der Waals surface area (Å²) in [7, 11) is 1.57. The van der Waals surface area contributed by atoms with E-state index >= 15 is 0 Å². The topological polar surface area (TPSA) is 84.4 Å². The van der Waals surface area contributed by atoms with Crippen LogP contribution in [0.25, 0.3) is 0 Å². The average molecular weight is 322 g/mol. The highest BCUT2D eigenvalue weighted by Gasteiger charge is 2.18. The van der Waals surface area contributed by atoms with Crippen molar-refractivity contribution in [3.8, 4) is 0 Å². The summed E-state index contributed by atoms with van der Waals surface area (Å²) in [5, 5.41) is 2.89. The highest BCUT2D eigenvalue weighted by Crippen LogP contribution is 2.03. The molecule has 23 heavy (non-hydrogen) atoms. The second-order valence-electron chi connectivity index (χ2n) is 5.45. The summed E-state index contributed by atoms with van der Waals surface area (Å²) < 4.78 is 5.04. The van der Waals surface area contributed by atoms with Crippen LogP contribution in [0.1, 0.15) is 42.9 Å². The van der Waals surface area contributed by atoms with Gasteiger partial charge in [0, 0.05) is 38.9 Å². The van der Waals surface area contributed by atoms with Crippen molar-refractivity contribution in [3.05, 3.63) is 23.8 Å². The Bertz CT molecular complexity index is 505. The van der Waals surface area contributed by atoms with Crippen LogP contribution in [0, 0.1) is 6.92 Å². The van der Waals surface area contributed by atoms with Gasteiger partial charge in [-0.2, -0.15) is 0 Å². The molecule has 0 bridgehead atoms. The van der Waals surface area contributed by atoms with Crippen LogP contribution in [-0.2, 0) is 9.53 Å². The van der Waals surface area contributed by atoms with E-state index in [1.165, 1.54) is 6.20 Å². The van der Waals surface area contributed by atoms with Gasteiger partial charge in [-0.3, -0.25) is 14.6 Å². The van der Waals surface area contributed by atoms with Gasteiger partial charge in [-0.05, 0) is 20.3 Å². The molecule has 128 valence electrons. The van der Waals surface area contributed by atoms with E-state index in [0.29, 0.717) is 19.7 Å². The minimum absolute atomic E-state index is 0.0652. The summed E-state index contributed by atoms with van der Waals surface area (Å²) in [4.78, 5) is 34.1. The van der Waals surface area contributed by atoms with Gasteiger partial charge < -0.3 is 15.0 Å². The van der Waals surface area contributed by atoms with Gasteiger partial charge in [0.05, 0.1) is 18.5 Å². The number of ether oxygens (including phenoxy) is 1. The van der Waals surface area contributed by atoms with Crippen molar-refractivity contribution < 1.29 is 14.3 Å². The fourth-order valence-corrected chi connectivity index (χ4v) is 1.87. The SMILES string of the molecule is CCC(C)NC(=O)CCN(CCOC)C(=O)c1cnc(C)cn1. The summed E-state index contributed by atoms with van der Waals surface area (Å²) >= 11 is 0. The number of hydrogen-bond acceptors (Lipinski definition) is 5. The van der Waals surface area contributed by atoms with Gasteiger partial charge in [-0.15, -0.1) is 0 Å². The van der Waals surface area contributed by atoms with Gasteiger partial charge in [0.1, 0.15) is 5.69 Å². The molecule has 0 fully saturated rings. The summed E-state index contributed by atoms with van der Waals surface area (Å²) in [6, 6.07) is 0.133. The Kier molecular flexibility index (Phi) is 8.18. The molecule has 1 aromatic heterocycles. The number of rotatable bonds is 9. The molecule has 1 atom stereocenters. The van der Waals surface area contributed by atoms with Crippen LogP contribution in [0.5, 0.6) is 0 Å². The summed E-state index contributed by atoms with van der Waals surface area (Å²) in [6.07, 6.45) is 4.13. The molecule has 0 aliphatic carbocycles. The Morgan fingerprint density at radius 3 is 2.61 bits per heavy atom. The van der Waals surface area contributed by atoms with Crippen LogP contribution in [-0.4, -0.2) is 59.5 Å². The van der Waals surface area contributed by atoms with Crippen LogP contribution in [0.3, 0.4) is 0 Å². The van der Waals surface area contributed by atoms with Crippen LogP contribution >= 0.6 is 0 Å². The third-order valence-electron chi connectivity index (χ3n) is 3.48. The van der Waals surface area contributed by atoms with Gasteiger partial charge in [-0.25, -0.2) is 4.98 Å². The van der Waals surface area contributed by atoms with Crippen LogP contribution in [0.15, 0.2) is 12.4 Å². The normalized spacial score (nSPS) is 11.8. The highest BCUT2D eigenvalue weighted by molar-refractivity contribution is 5.92. The second kappa shape index (κ2) is 9.89. The lowest BCUT2D eigenvalue weighted by Gasteiger charge is -2.22. The first-order valence-corrected chi connectivity index (χ1v) is 7.84. The van der Waals surface area contributed by atoms with Crippen LogP contribution < -0.4 is 5.32 Å². The molecular weight excluding hydrogens is 296 g/mol. The molecule has 1 aromatic rings. The maximum absolute atomic E-state index is 12.5. The van der Waals surface area contributed by atoms with Crippen molar-refractivity contribution >= 4 is 11.8 Å². The zero-order valence-corrected chi connectivity index (χ0v) is 14.3. The third-order valence-corrected chi connectivity index (χ3v) is 3.48. The average Bonchev–Trinajstić information content (AvgIpc) is 2.55. The van der Waals surface area contributed by atoms with Gasteiger partial charge in [-0.1, -0.05) is 6.92 Å². The summed E-state index contributed by atoms with van der Waals surface area (Å²) in [6.45, 7) is 6.89. The molecule has 0 radical (unpaired) electrons. The predicted molar refractivity (Wildman–Crippen MR) is 87.1 cm³/mol. The molecule has 1 heterocycles. The Morgan fingerprint density at radius 2 is 2.04 bits per heavy atom. The molecule has 0 aliphatic rings. The molecule has 0 saturated heterocycles. The van der Waals surface area contributed by atoms with Crippen molar-refractivity contribution in [2.45, 2.75) is 39.7 Å². The Labute approximate surface area is 137 Å². The quantitative estimate of drug-likeness (QED) is 0.738. The largest absolute Gasteiger partial charge is 0.383 e. The monoisotopic (exact) mass is 322 g/mol. The van der Waals surface area contributed by atoms with Crippen LogP contribution in [0.2, 0.25) is 0 Å². The van der Waals surface area contributed by atoms with E-state index in [4.69, 9.17) is 4.74 Å². The van der Waals surface area contributed by atoms with Crippen molar-refractivity contribution in [1.82, 2.24) is 20.2 Å². The first-order chi connectivity index (χ1) is 11.0. The predicted octanol–water partition coefficient (Wildman–Crippen LogP) is 1.18. The number of aromatic nitrogens is 2. The number of carbonyl (C=O) groups excluding carboxylic acids is 2. The van der Waals surface area contributed by atoms with E-state index < -0.39 is 0 Å². The Hall–Kier alpha value is -2.02. The molecule has 2 amide bonds. The molecule has 0 aromatic carbocycles. The zero-order valence-electron chi connectivity index (χ0n) is 14.3. The molecular formula is C16H26N4O3. The highest BCUT2D eigenvalue weighted by atomic mass is 16.5. The molecule has 1 rings (SSSR count). The minimum Gasteiger partial charge on any atom is -0.383 e. The molecule has 7 nitrogen and oxygen atoms in total. The lowest BCUT2D eigenvalue weighted by atomic mass is 10.2. The summed E-state index contributed by atoms with van der Waals surface area (Å²) in [5.41, 5.74) is 1.02. The van der Waals surface area contributed by atoms with E-state index in [1.807, 2.05) is 20.8 Å². The van der Waals surface area contributed by atoms with Gasteiger partial charge in [0.25, 0.3) is 5.91 Å². The number of methoxy groups -OCH3 is 1. The lowest BCUT2D eigenvalue weighted by molar-refractivity contribution is -0.121. The Morgan fingerprint density at radius 1 is 1.30 bits per heavy atom. The van der Waals surface area contributed by atoms with Crippen molar-refractivity contribution in [1.29, 1.82) is 0 Å². The molecule has 1 unspecified atom stereocenters. The van der Waals surface area contributed by atoms with E-state index in [0.717, 1.165) is 12.1 Å². The lowest BCUT2D eigenvalue weighted by Crippen LogP contribution is -2.39. The van der Waals surface area contributed by atoms with E-state index in [1.54, 1.807) is 18.2 Å². The van der Waals surface area contributed by atoms with Crippen LogP contribution in [0.4, 0.5) is 0 Å². The minimum atomic E-state index is -0.245. The number of hydrogen-bond donors (Lipinski definition) is 1. The maximum Gasteiger partial charge on any atom is 0.274 e. The van der Waals surface area contributed by atoms with Gasteiger partial charge in [0.2, 0.25) is 5.91 Å². The van der Waals surface area contributed by atoms with E-state index in [-0.39, 0.29) is 30.0 Å². The number of amides is 2. The van der Waals surface area contributed by atoms with Crippen molar-refractivity contribution in [2.24, 2.45) is 0 Å². The smallest absolute Gasteiger partial charge is 0.274 e. The van der Waals surface area contributed by atoms with Crippen molar-refractivity contribution in [3.63, 3.8) is 0 Å². The molecule has 0 saturated carbocycles. The molecule has 1 N–H and O–H groups in total. The van der Waals surface area contributed by atoms with Gasteiger partial charge >= 0.3 is 0 Å². The first-order valence-electron chi connectivity index (χ1n) is 7.84. The van der Waals surface area contributed by atoms with E-state index in [9.17, 15) is 9.59 Å². The number of carbonyl (C=O) groups is 2. The number of nitrogens with zero attached hydrogens (tertiary/aromatic N) is 3. The van der Waals surface area contributed by atoms with Crippen molar-refractivity contribution in [2.75, 3.05) is 26.8 Å². The molecule has 0 aliphatic heterocycles. The second-order valence-corrected chi connectivity index (χ2v) is 5.45. The Balaban J connectivity index is 2.66. The first kappa shape index (κ1) is 19.0. The maximum atomic E-state index is 12.5. The third kappa shape index (κ3) is 6.73. The van der Waals surface area contributed by atoms with E-state index in [2.05, 4.69) is 15.3 Å². The molecule has 0 spiro atoms. The fraction of sp³-hybridized carbons (Fsp3) is 0.625. The fourth-order valence-electron chi connectivity index (χ4n) is 1.87. The standard InChI is InChI=1S/C16H26N4O3/c1-5-12(2)19-15(21)6-7-20(8-9-23-4)16(22)14-11-17-13(3)10-18-14/h10-12H,5-9H2,1-4H3,(H,19,21). The number of aryl methyl sites for hydroxylation is 1. The zero-order chi connectivity index (χ0) is 17.2. The van der Waals surface area contributed by atoms with Gasteiger partial charge in [0.15, 0.2) is 0 Å². The molecule has 7 heteroatoms. The number of nitrogens with one attached hydrogen (secondary N) is 1. The summed E-state index contributed by atoms with van der Waals surface area (Å²) in [5.74, 6) is -0.310.